The largest absolute Gasteiger partial charge is 0.443 e. The van der Waals surface area contributed by atoms with Crippen LogP contribution in [-0.4, -0.2) is 16.0 Å². The van der Waals surface area contributed by atoms with Crippen molar-refractivity contribution >= 4 is 23.1 Å². The average molecular weight is 283 g/mol. The zero-order chi connectivity index (χ0) is 12.5. The molecule has 8 heteroatoms. The first kappa shape index (κ1) is 13.1. The molecule has 1 aliphatic heterocycles. The fraction of sp³-hybridized carbons (Fsp3) is 0.667. The molecule has 3 N–H and O–H groups in total. The lowest BCUT2D eigenvalue weighted by Gasteiger charge is -2.19. The number of hydrogen-bond donors (Lipinski definition) is 2. The maximum absolute atomic E-state index is 12.4. The fourth-order valence-electron chi connectivity index (χ4n) is 1.80. The van der Waals surface area contributed by atoms with E-state index in [-0.39, 0.29) is 11.3 Å². The normalized spacial score (nSPS) is 22.9. The monoisotopic (exact) mass is 283 g/mol. The van der Waals surface area contributed by atoms with E-state index >= 15 is 0 Å². The molecule has 1 aromatic heterocycles. The lowest BCUT2D eigenvalue weighted by atomic mass is 10.1. The van der Waals surface area contributed by atoms with Crippen LogP contribution in [0.3, 0.4) is 0 Å². The first-order valence-electron chi connectivity index (χ1n) is 5.13. The molecular formula is C9H12F3N3S2. The number of thiazole rings is 1. The summed E-state index contributed by atoms with van der Waals surface area (Å²) in [5.74, 6) is 6.47. The second-order valence-electron chi connectivity index (χ2n) is 3.76. The number of hydrogen-bond acceptors (Lipinski definition) is 5. The predicted molar refractivity (Wildman–Crippen MR) is 62.7 cm³/mol. The smallest absolute Gasteiger partial charge is 0.271 e. The maximum atomic E-state index is 12.4. The van der Waals surface area contributed by atoms with Crippen molar-refractivity contribution in [1.29, 1.82) is 0 Å². The molecule has 1 aromatic rings. The molecule has 17 heavy (non-hydrogen) atoms. The summed E-state index contributed by atoms with van der Waals surface area (Å²) < 4.78 is 37.3. The highest BCUT2D eigenvalue weighted by molar-refractivity contribution is 8.00. The molecule has 2 unspecified atom stereocenters. The number of aromatic nitrogens is 1. The van der Waals surface area contributed by atoms with Crippen molar-refractivity contribution in [3.05, 3.63) is 16.1 Å². The van der Waals surface area contributed by atoms with Crippen molar-refractivity contribution in [2.75, 3.05) is 5.75 Å². The second-order valence-corrected chi connectivity index (χ2v) is 6.17. The van der Waals surface area contributed by atoms with Gasteiger partial charge in [-0.15, -0.1) is 11.3 Å². The first-order valence-corrected chi connectivity index (χ1v) is 6.99. The van der Waals surface area contributed by atoms with Gasteiger partial charge in [0.2, 0.25) is 0 Å². The van der Waals surface area contributed by atoms with Crippen molar-refractivity contribution < 1.29 is 13.2 Å². The molecule has 0 radical (unpaired) electrons. The summed E-state index contributed by atoms with van der Waals surface area (Å²) in [4.78, 5) is 3.97. The molecule has 3 nitrogen and oxygen atoms in total. The third-order valence-electron chi connectivity index (χ3n) is 2.59. The van der Waals surface area contributed by atoms with Crippen LogP contribution >= 0.6 is 23.1 Å². The standard InChI is InChI=1S/C9H12F3N3S2/c10-9(11,12)8-14-4-6(17-8)7(15-13)5-2-1-3-16-5/h4-5,7,15H,1-3,13H2. The van der Waals surface area contributed by atoms with Gasteiger partial charge in [-0.3, -0.25) is 11.3 Å². The summed E-state index contributed by atoms with van der Waals surface area (Å²) in [7, 11) is 0. The number of halogens is 3. The van der Waals surface area contributed by atoms with E-state index in [0.717, 1.165) is 18.6 Å². The number of nitrogens with zero attached hydrogens (tertiary/aromatic N) is 1. The van der Waals surface area contributed by atoms with E-state index in [9.17, 15) is 13.2 Å². The molecule has 96 valence electrons. The molecule has 2 heterocycles. The van der Waals surface area contributed by atoms with E-state index in [2.05, 4.69) is 10.4 Å². The minimum Gasteiger partial charge on any atom is -0.271 e. The zero-order valence-corrected chi connectivity index (χ0v) is 10.5. The highest BCUT2D eigenvalue weighted by Gasteiger charge is 2.36. The van der Waals surface area contributed by atoms with Crippen LogP contribution in [0.25, 0.3) is 0 Å². The van der Waals surface area contributed by atoms with Crippen molar-refractivity contribution in [3.8, 4) is 0 Å². The molecule has 0 amide bonds. The summed E-state index contributed by atoms with van der Waals surface area (Å²) in [6, 6.07) is -0.240. The van der Waals surface area contributed by atoms with Gasteiger partial charge in [-0.2, -0.15) is 24.9 Å². The number of rotatable bonds is 3. The van der Waals surface area contributed by atoms with Crippen LogP contribution < -0.4 is 11.3 Å². The van der Waals surface area contributed by atoms with Gasteiger partial charge in [-0.05, 0) is 18.6 Å². The Hall–Kier alpha value is -0.310. The van der Waals surface area contributed by atoms with Crippen LogP contribution in [0.15, 0.2) is 6.20 Å². The summed E-state index contributed by atoms with van der Waals surface area (Å²) in [5, 5.41) is -0.572. The van der Waals surface area contributed by atoms with E-state index in [0.29, 0.717) is 16.2 Å². The van der Waals surface area contributed by atoms with Gasteiger partial charge < -0.3 is 0 Å². The Morgan fingerprint density at radius 2 is 2.29 bits per heavy atom. The molecule has 1 saturated heterocycles. The summed E-state index contributed by atoms with van der Waals surface area (Å²) in [5.41, 5.74) is 2.61. The summed E-state index contributed by atoms with van der Waals surface area (Å²) in [6.07, 6.45) is -1.04. The van der Waals surface area contributed by atoms with E-state index in [1.807, 2.05) is 0 Å². The van der Waals surface area contributed by atoms with E-state index in [4.69, 9.17) is 5.84 Å². The van der Waals surface area contributed by atoms with Crippen LogP contribution in [-0.2, 0) is 6.18 Å². The Morgan fingerprint density at radius 3 is 2.76 bits per heavy atom. The highest BCUT2D eigenvalue weighted by atomic mass is 32.2. The molecule has 2 rings (SSSR count). The van der Waals surface area contributed by atoms with Gasteiger partial charge in [0.25, 0.3) is 0 Å². The molecular weight excluding hydrogens is 271 g/mol. The molecule has 0 aliphatic carbocycles. The summed E-state index contributed by atoms with van der Waals surface area (Å²) >= 11 is 2.41. The first-order chi connectivity index (χ1) is 8.02. The minimum atomic E-state index is -4.37. The molecule has 0 spiro atoms. The Bertz CT molecular complexity index is 374. The van der Waals surface area contributed by atoms with E-state index in [1.165, 1.54) is 6.20 Å². The molecule has 0 saturated carbocycles. The lowest BCUT2D eigenvalue weighted by molar-refractivity contribution is -0.137. The molecule has 2 atom stereocenters. The van der Waals surface area contributed by atoms with Gasteiger partial charge in [0.15, 0.2) is 5.01 Å². The van der Waals surface area contributed by atoms with Crippen LogP contribution in [0.2, 0.25) is 0 Å². The fourth-order valence-corrected chi connectivity index (χ4v) is 4.18. The lowest BCUT2D eigenvalue weighted by Crippen LogP contribution is -2.33. The number of thioether (sulfide) groups is 1. The maximum Gasteiger partial charge on any atom is 0.443 e. The Balaban J connectivity index is 2.17. The van der Waals surface area contributed by atoms with Crippen molar-refractivity contribution in [2.24, 2.45) is 5.84 Å². The minimum absolute atomic E-state index is 0.238. The van der Waals surface area contributed by atoms with Gasteiger partial charge in [-0.25, -0.2) is 4.98 Å². The molecule has 1 aliphatic rings. The number of hydrazine groups is 1. The Labute approximate surface area is 105 Å². The topological polar surface area (TPSA) is 50.9 Å². The van der Waals surface area contributed by atoms with Gasteiger partial charge >= 0.3 is 6.18 Å². The second kappa shape index (κ2) is 5.13. The predicted octanol–water partition coefficient (Wildman–Crippen LogP) is 2.56. The average Bonchev–Trinajstić information content (AvgIpc) is 2.87. The molecule has 1 fully saturated rings. The Morgan fingerprint density at radius 1 is 1.53 bits per heavy atom. The van der Waals surface area contributed by atoms with Gasteiger partial charge in [0.05, 0.1) is 6.04 Å². The third kappa shape index (κ3) is 2.93. The molecule has 0 aromatic carbocycles. The van der Waals surface area contributed by atoms with Crippen molar-refractivity contribution in [1.82, 2.24) is 10.4 Å². The zero-order valence-electron chi connectivity index (χ0n) is 8.83. The van der Waals surface area contributed by atoms with E-state index < -0.39 is 11.2 Å². The quantitative estimate of drug-likeness (QED) is 0.661. The Kier molecular flexibility index (Phi) is 3.96. The third-order valence-corrected chi connectivity index (χ3v) is 5.17. The van der Waals surface area contributed by atoms with Gasteiger partial charge in [0, 0.05) is 16.3 Å². The number of nitrogens with two attached hydrogens (primary N) is 1. The number of alkyl halides is 3. The van der Waals surface area contributed by atoms with Crippen LogP contribution in [0.4, 0.5) is 13.2 Å². The summed E-state index contributed by atoms with van der Waals surface area (Å²) in [6.45, 7) is 0. The van der Waals surface area contributed by atoms with Crippen LogP contribution in [0.5, 0.6) is 0 Å². The molecule has 0 bridgehead atoms. The van der Waals surface area contributed by atoms with Gasteiger partial charge in [0.1, 0.15) is 0 Å². The van der Waals surface area contributed by atoms with Crippen molar-refractivity contribution in [3.63, 3.8) is 0 Å². The SMILES string of the molecule is NNC(c1cnc(C(F)(F)F)s1)C1CCCS1. The van der Waals surface area contributed by atoms with Crippen LogP contribution in [0.1, 0.15) is 28.8 Å². The van der Waals surface area contributed by atoms with Crippen LogP contribution in [0, 0.1) is 0 Å². The highest BCUT2D eigenvalue weighted by Crippen LogP contribution is 2.40. The van der Waals surface area contributed by atoms with E-state index in [1.54, 1.807) is 11.8 Å². The van der Waals surface area contributed by atoms with Crippen molar-refractivity contribution in [2.45, 2.75) is 30.3 Å². The number of nitrogens with one attached hydrogen (secondary N) is 1. The van der Waals surface area contributed by atoms with Gasteiger partial charge in [-0.1, -0.05) is 0 Å².